The minimum atomic E-state index is -0.562. The summed E-state index contributed by atoms with van der Waals surface area (Å²) in [6.07, 6.45) is 2.47. The molecule has 0 aliphatic rings. The lowest BCUT2D eigenvalue weighted by Gasteiger charge is -2.10. The minimum absolute atomic E-state index is 0.360. The molecule has 4 rings (SSSR count). The Kier molecular flexibility index (Phi) is 4.66. The molecule has 0 atom stereocenters. The summed E-state index contributed by atoms with van der Waals surface area (Å²) in [5, 5.41) is 2.88. The van der Waals surface area contributed by atoms with E-state index in [-0.39, 0.29) is 0 Å². The van der Waals surface area contributed by atoms with E-state index in [1.165, 1.54) is 11.6 Å². The number of nitrogens with two attached hydrogens (primary N) is 1. The summed E-state index contributed by atoms with van der Waals surface area (Å²) >= 11 is 0. The van der Waals surface area contributed by atoms with Gasteiger partial charge in [0.2, 0.25) is 0 Å². The third-order valence-corrected chi connectivity index (χ3v) is 5.22. The monoisotopic (exact) mass is 364 g/mol. The van der Waals surface area contributed by atoms with Gasteiger partial charge in [-0.25, -0.2) is 8.78 Å². The maximum absolute atomic E-state index is 14.4. The van der Waals surface area contributed by atoms with E-state index in [0.29, 0.717) is 17.4 Å². The van der Waals surface area contributed by atoms with Gasteiger partial charge in [0, 0.05) is 17.0 Å². The van der Waals surface area contributed by atoms with Gasteiger partial charge in [-0.2, -0.15) is 0 Å². The molecule has 0 bridgehead atoms. The molecule has 1 heterocycles. The van der Waals surface area contributed by atoms with Crippen molar-refractivity contribution in [2.24, 2.45) is 5.73 Å². The van der Waals surface area contributed by atoms with E-state index in [4.69, 9.17) is 5.73 Å². The Labute approximate surface area is 157 Å². The molecule has 0 fully saturated rings. The SMILES string of the molecule is Cc1ccc(-c2[nH]c3c(F)cc(F)cc3c2CCCCN)c2ccccc12. The number of nitrogens with one attached hydrogen (secondary N) is 1. The molecular formula is C23H22F2N2. The van der Waals surface area contributed by atoms with E-state index < -0.39 is 11.6 Å². The summed E-state index contributed by atoms with van der Waals surface area (Å²) in [5.74, 6) is -1.12. The zero-order chi connectivity index (χ0) is 19.0. The van der Waals surface area contributed by atoms with Crippen LogP contribution in [0.2, 0.25) is 0 Å². The van der Waals surface area contributed by atoms with Crippen LogP contribution in [0.15, 0.2) is 48.5 Å². The van der Waals surface area contributed by atoms with Gasteiger partial charge in [-0.1, -0.05) is 36.4 Å². The first kappa shape index (κ1) is 17.7. The van der Waals surface area contributed by atoms with Crippen molar-refractivity contribution in [3.8, 4) is 11.3 Å². The number of H-pyrrole nitrogens is 1. The maximum Gasteiger partial charge on any atom is 0.150 e. The lowest BCUT2D eigenvalue weighted by molar-refractivity contribution is 0.591. The number of halogens is 2. The first-order chi connectivity index (χ1) is 13.1. The van der Waals surface area contributed by atoms with E-state index in [1.807, 2.05) is 12.1 Å². The second kappa shape index (κ2) is 7.12. The fourth-order valence-electron chi connectivity index (χ4n) is 3.88. The number of benzene rings is 3. The topological polar surface area (TPSA) is 41.8 Å². The fraction of sp³-hybridized carbons (Fsp3) is 0.217. The third kappa shape index (κ3) is 3.10. The molecule has 4 heteroatoms. The van der Waals surface area contributed by atoms with Crippen LogP contribution < -0.4 is 5.73 Å². The van der Waals surface area contributed by atoms with Gasteiger partial charge in [0.1, 0.15) is 11.6 Å². The Bertz CT molecular complexity index is 1130. The lowest BCUT2D eigenvalue weighted by Crippen LogP contribution is -1.99. The molecule has 0 aliphatic carbocycles. The van der Waals surface area contributed by atoms with Gasteiger partial charge >= 0.3 is 0 Å². The highest BCUT2D eigenvalue weighted by molar-refractivity contribution is 6.02. The molecule has 0 unspecified atom stereocenters. The Balaban J connectivity index is 2.00. The molecule has 2 nitrogen and oxygen atoms in total. The molecule has 3 N–H and O–H groups in total. The van der Waals surface area contributed by atoms with E-state index in [2.05, 4.69) is 36.2 Å². The zero-order valence-corrected chi connectivity index (χ0v) is 15.3. The quantitative estimate of drug-likeness (QED) is 0.428. The van der Waals surface area contributed by atoms with Crippen molar-refractivity contribution < 1.29 is 8.78 Å². The smallest absolute Gasteiger partial charge is 0.150 e. The molecule has 0 aliphatic heterocycles. The highest BCUT2D eigenvalue weighted by Crippen LogP contribution is 2.37. The normalized spacial score (nSPS) is 11.6. The summed E-state index contributed by atoms with van der Waals surface area (Å²) in [4.78, 5) is 3.24. The molecular weight excluding hydrogens is 342 g/mol. The summed E-state index contributed by atoms with van der Waals surface area (Å²) < 4.78 is 28.3. The number of aryl methyl sites for hydroxylation is 2. The van der Waals surface area contributed by atoms with Crippen LogP contribution in [0.1, 0.15) is 24.0 Å². The average Bonchev–Trinajstić information content (AvgIpc) is 3.01. The molecule has 0 amide bonds. The Hall–Kier alpha value is -2.72. The standard InChI is InChI=1S/C23H22F2N2/c1-14-9-10-19(17-7-3-2-6-16(14)17)22-18(8-4-5-11-26)20-12-15(24)13-21(25)23(20)27-22/h2-3,6-7,9-10,12-13,27H,4-5,8,11,26H2,1H3. The van der Waals surface area contributed by atoms with Crippen LogP contribution in [0.3, 0.4) is 0 Å². The molecule has 27 heavy (non-hydrogen) atoms. The minimum Gasteiger partial charge on any atom is -0.352 e. The molecule has 138 valence electrons. The van der Waals surface area contributed by atoms with Crippen LogP contribution in [0.5, 0.6) is 0 Å². The summed E-state index contributed by atoms with van der Waals surface area (Å²) in [7, 11) is 0. The first-order valence-electron chi connectivity index (χ1n) is 9.28. The van der Waals surface area contributed by atoms with Gasteiger partial charge in [0.05, 0.1) is 11.2 Å². The number of rotatable bonds is 5. The van der Waals surface area contributed by atoms with Crippen LogP contribution in [-0.2, 0) is 6.42 Å². The molecule has 0 saturated carbocycles. The number of hydrogen-bond acceptors (Lipinski definition) is 1. The Morgan fingerprint density at radius 2 is 1.70 bits per heavy atom. The van der Waals surface area contributed by atoms with E-state index in [9.17, 15) is 8.78 Å². The van der Waals surface area contributed by atoms with Gasteiger partial charge < -0.3 is 10.7 Å². The second-order valence-electron chi connectivity index (χ2n) is 7.01. The lowest BCUT2D eigenvalue weighted by atomic mass is 9.94. The Morgan fingerprint density at radius 1 is 0.926 bits per heavy atom. The van der Waals surface area contributed by atoms with Gasteiger partial charge in [-0.3, -0.25) is 0 Å². The molecule has 3 aromatic carbocycles. The Morgan fingerprint density at radius 3 is 2.48 bits per heavy atom. The zero-order valence-electron chi connectivity index (χ0n) is 15.3. The number of hydrogen-bond donors (Lipinski definition) is 2. The van der Waals surface area contributed by atoms with Gasteiger partial charge in [-0.05, 0) is 60.7 Å². The predicted molar refractivity (Wildman–Crippen MR) is 108 cm³/mol. The summed E-state index contributed by atoms with van der Waals surface area (Å²) in [5.41, 5.74) is 10.0. The molecule has 0 radical (unpaired) electrons. The van der Waals surface area contributed by atoms with Crippen molar-refractivity contribution in [2.75, 3.05) is 6.54 Å². The second-order valence-corrected chi connectivity index (χ2v) is 7.01. The van der Waals surface area contributed by atoms with Crippen molar-refractivity contribution in [1.82, 2.24) is 4.98 Å². The van der Waals surface area contributed by atoms with E-state index in [0.717, 1.165) is 52.9 Å². The van der Waals surface area contributed by atoms with Crippen molar-refractivity contribution in [2.45, 2.75) is 26.2 Å². The highest BCUT2D eigenvalue weighted by atomic mass is 19.1. The first-order valence-corrected chi connectivity index (χ1v) is 9.28. The van der Waals surface area contributed by atoms with Crippen LogP contribution in [0.4, 0.5) is 8.78 Å². The van der Waals surface area contributed by atoms with Crippen LogP contribution in [0.25, 0.3) is 32.9 Å². The van der Waals surface area contributed by atoms with Crippen LogP contribution in [-0.4, -0.2) is 11.5 Å². The van der Waals surface area contributed by atoms with Gasteiger partial charge in [0.15, 0.2) is 0 Å². The van der Waals surface area contributed by atoms with Crippen molar-refractivity contribution in [3.63, 3.8) is 0 Å². The molecule has 4 aromatic rings. The fourth-order valence-corrected chi connectivity index (χ4v) is 3.88. The number of aromatic amines is 1. The van der Waals surface area contributed by atoms with Crippen LogP contribution >= 0.6 is 0 Å². The van der Waals surface area contributed by atoms with E-state index in [1.54, 1.807) is 0 Å². The van der Waals surface area contributed by atoms with Gasteiger partial charge in [0.25, 0.3) is 0 Å². The third-order valence-electron chi connectivity index (χ3n) is 5.22. The average molecular weight is 364 g/mol. The highest BCUT2D eigenvalue weighted by Gasteiger charge is 2.18. The van der Waals surface area contributed by atoms with Crippen molar-refractivity contribution in [1.29, 1.82) is 0 Å². The van der Waals surface area contributed by atoms with Crippen LogP contribution in [0, 0.1) is 18.6 Å². The molecule has 0 saturated heterocycles. The van der Waals surface area contributed by atoms with Crippen molar-refractivity contribution in [3.05, 3.63) is 71.3 Å². The molecule has 0 spiro atoms. The number of fused-ring (bicyclic) bond motifs is 2. The van der Waals surface area contributed by atoms with Gasteiger partial charge in [-0.15, -0.1) is 0 Å². The van der Waals surface area contributed by atoms with Crippen molar-refractivity contribution >= 4 is 21.7 Å². The largest absolute Gasteiger partial charge is 0.352 e. The summed E-state index contributed by atoms with van der Waals surface area (Å²) in [6, 6.07) is 14.7. The van der Waals surface area contributed by atoms with E-state index >= 15 is 0 Å². The molecule has 1 aromatic heterocycles. The number of aromatic nitrogens is 1. The number of unbranched alkanes of at least 4 members (excludes halogenated alkanes) is 1. The predicted octanol–water partition coefficient (Wildman–Crippen LogP) is 5.86. The summed E-state index contributed by atoms with van der Waals surface area (Å²) in [6.45, 7) is 2.68. The maximum atomic E-state index is 14.4.